The monoisotopic (exact) mass is 446 g/mol. The first-order valence-corrected chi connectivity index (χ1v) is 10.2. The number of rotatable bonds is 4. The average molecular weight is 447 g/mol. The second-order valence-electron chi connectivity index (χ2n) is 7.38. The fraction of sp³-hybridized carbons (Fsp3) is 0.450. The van der Waals surface area contributed by atoms with E-state index in [1.807, 2.05) is 35.9 Å². The fourth-order valence-corrected chi connectivity index (χ4v) is 4.32. The molecule has 3 heterocycles. The van der Waals surface area contributed by atoms with Crippen LogP contribution in [0, 0.1) is 12.8 Å². The molecule has 0 aliphatic carbocycles. The summed E-state index contributed by atoms with van der Waals surface area (Å²) in [4.78, 5) is 26.7. The summed E-state index contributed by atoms with van der Waals surface area (Å²) in [6.07, 6.45) is 2.01. The number of hydrogen-bond donors (Lipinski definition) is 1. The van der Waals surface area contributed by atoms with E-state index in [1.165, 1.54) is 7.11 Å². The molecule has 8 heteroatoms. The summed E-state index contributed by atoms with van der Waals surface area (Å²) in [5, 5.41) is 7.49. The highest BCUT2D eigenvalue weighted by Crippen LogP contribution is 2.36. The van der Waals surface area contributed by atoms with E-state index in [4.69, 9.17) is 4.74 Å². The van der Waals surface area contributed by atoms with E-state index in [-0.39, 0.29) is 23.8 Å². The Labute approximate surface area is 172 Å². The van der Waals surface area contributed by atoms with Gasteiger partial charge < -0.3 is 10.1 Å². The van der Waals surface area contributed by atoms with E-state index in [0.29, 0.717) is 18.8 Å². The Kier molecular flexibility index (Phi) is 5.25. The Morgan fingerprint density at radius 3 is 2.86 bits per heavy atom. The van der Waals surface area contributed by atoms with Gasteiger partial charge in [0.15, 0.2) is 5.69 Å². The molecule has 2 aromatic rings. The molecule has 1 N–H and O–H groups in total. The first-order chi connectivity index (χ1) is 13.5. The number of carbonyl (C=O) groups is 2. The molecule has 148 valence electrons. The lowest BCUT2D eigenvalue weighted by molar-refractivity contribution is -0.152. The van der Waals surface area contributed by atoms with E-state index in [2.05, 4.69) is 31.2 Å². The Hall–Kier alpha value is -2.19. The third kappa shape index (κ3) is 3.46. The van der Waals surface area contributed by atoms with Crippen LogP contribution < -0.4 is 5.32 Å². The van der Waals surface area contributed by atoms with Gasteiger partial charge in [0.25, 0.3) is 5.91 Å². The highest BCUT2D eigenvalue weighted by atomic mass is 79.9. The minimum atomic E-state index is -0.210. The molecule has 0 saturated carbocycles. The van der Waals surface area contributed by atoms with Crippen molar-refractivity contribution in [2.24, 2.45) is 5.92 Å². The predicted molar refractivity (Wildman–Crippen MR) is 108 cm³/mol. The SMILES string of the molecule is COC(=O)C1CN([C@@H]2CCCn3nc(C(=O)Nc4cccc(Br)c4C)cc32)C1. The van der Waals surface area contributed by atoms with Gasteiger partial charge in [-0.25, -0.2) is 0 Å². The zero-order valence-electron chi connectivity index (χ0n) is 15.9. The lowest BCUT2D eigenvalue weighted by Gasteiger charge is -2.44. The normalized spacial score (nSPS) is 19.6. The third-order valence-corrected chi connectivity index (χ3v) is 6.49. The van der Waals surface area contributed by atoms with Crippen LogP contribution in [0.15, 0.2) is 28.7 Å². The van der Waals surface area contributed by atoms with Crippen molar-refractivity contribution in [1.29, 1.82) is 0 Å². The largest absolute Gasteiger partial charge is 0.469 e. The number of halogens is 1. The summed E-state index contributed by atoms with van der Waals surface area (Å²) >= 11 is 3.49. The Balaban J connectivity index is 1.50. The molecule has 0 radical (unpaired) electrons. The lowest BCUT2D eigenvalue weighted by atomic mass is 9.93. The highest BCUT2D eigenvalue weighted by molar-refractivity contribution is 9.10. The van der Waals surface area contributed by atoms with E-state index in [1.54, 1.807) is 0 Å². The predicted octanol–water partition coefficient (Wildman–Crippen LogP) is 3.15. The van der Waals surface area contributed by atoms with Gasteiger partial charge in [0.2, 0.25) is 0 Å². The summed E-state index contributed by atoms with van der Waals surface area (Å²) in [6, 6.07) is 7.79. The Bertz CT molecular complexity index is 920. The third-order valence-electron chi connectivity index (χ3n) is 5.63. The molecule has 2 aliphatic rings. The summed E-state index contributed by atoms with van der Waals surface area (Å²) in [7, 11) is 1.43. The van der Waals surface area contributed by atoms with Crippen molar-refractivity contribution in [2.75, 3.05) is 25.5 Å². The van der Waals surface area contributed by atoms with Gasteiger partial charge in [-0.1, -0.05) is 22.0 Å². The highest BCUT2D eigenvalue weighted by Gasteiger charge is 2.40. The first kappa shape index (κ1) is 19.1. The van der Waals surface area contributed by atoms with Crippen molar-refractivity contribution < 1.29 is 14.3 Å². The number of anilines is 1. The lowest BCUT2D eigenvalue weighted by Crippen LogP contribution is -2.52. The number of aryl methyl sites for hydroxylation is 1. The molecule has 28 heavy (non-hydrogen) atoms. The van der Waals surface area contributed by atoms with Gasteiger partial charge in [-0.3, -0.25) is 19.2 Å². The molecule has 1 aromatic carbocycles. The number of fused-ring (bicyclic) bond motifs is 1. The van der Waals surface area contributed by atoms with Gasteiger partial charge in [0.05, 0.1) is 24.8 Å². The van der Waals surface area contributed by atoms with Crippen molar-refractivity contribution >= 4 is 33.5 Å². The maximum absolute atomic E-state index is 12.8. The van der Waals surface area contributed by atoms with E-state index >= 15 is 0 Å². The molecule has 1 saturated heterocycles. The number of carbonyl (C=O) groups excluding carboxylic acids is 2. The average Bonchev–Trinajstić information content (AvgIpc) is 3.09. The van der Waals surface area contributed by atoms with Gasteiger partial charge in [-0.05, 0) is 43.5 Å². The van der Waals surface area contributed by atoms with Crippen molar-refractivity contribution in [2.45, 2.75) is 32.4 Å². The number of methoxy groups -OCH3 is 1. The van der Waals surface area contributed by atoms with Gasteiger partial charge in [0, 0.05) is 29.8 Å². The van der Waals surface area contributed by atoms with Crippen molar-refractivity contribution in [3.8, 4) is 0 Å². The van der Waals surface area contributed by atoms with Crippen molar-refractivity contribution in [1.82, 2.24) is 14.7 Å². The van der Waals surface area contributed by atoms with E-state index in [0.717, 1.165) is 40.8 Å². The standard InChI is InChI=1S/C20H23BrN4O3/c1-12-14(21)5-3-6-15(12)22-19(26)16-9-18-17(7-4-8-25(18)23-16)24-10-13(11-24)20(27)28-2/h3,5-6,9,13,17H,4,7-8,10-11H2,1-2H3,(H,22,26)/t17-/m1/s1. The fourth-order valence-electron chi connectivity index (χ4n) is 3.95. The Morgan fingerprint density at radius 1 is 1.32 bits per heavy atom. The van der Waals surface area contributed by atoms with Crippen LogP contribution in [0.1, 0.15) is 40.6 Å². The topological polar surface area (TPSA) is 76.5 Å². The zero-order chi connectivity index (χ0) is 19.8. The van der Waals surface area contributed by atoms with Crippen LogP contribution in [0.3, 0.4) is 0 Å². The molecular formula is C20H23BrN4O3. The minimum absolute atomic E-state index is 0.0504. The van der Waals surface area contributed by atoms with Crippen LogP contribution in [0.4, 0.5) is 5.69 Å². The molecular weight excluding hydrogens is 424 g/mol. The molecule has 0 spiro atoms. The number of hydrogen-bond acceptors (Lipinski definition) is 5. The maximum Gasteiger partial charge on any atom is 0.311 e. The second-order valence-corrected chi connectivity index (χ2v) is 8.23. The zero-order valence-corrected chi connectivity index (χ0v) is 17.5. The molecule has 1 amide bonds. The van der Waals surface area contributed by atoms with Gasteiger partial charge in [-0.15, -0.1) is 0 Å². The summed E-state index contributed by atoms with van der Waals surface area (Å²) in [5.41, 5.74) is 3.22. The molecule has 1 atom stereocenters. The van der Waals surface area contributed by atoms with Crippen LogP contribution >= 0.6 is 15.9 Å². The van der Waals surface area contributed by atoms with Gasteiger partial charge >= 0.3 is 5.97 Å². The van der Waals surface area contributed by atoms with Crippen LogP contribution in [-0.2, 0) is 16.1 Å². The molecule has 1 fully saturated rings. The van der Waals surface area contributed by atoms with Crippen LogP contribution in [0.25, 0.3) is 0 Å². The number of ether oxygens (including phenoxy) is 1. The number of benzene rings is 1. The van der Waals surface area contributed by atoms with E-state index in [9.17, 15) is 9.59 Å². The van der Waals surface area contributed by atoms with Gasteiger partial charge in [0.1, 0.15) is 0 Å². The van der Waals surface area contributed by atoms with Crippen LogP contribution in [0.2, 0.25) is 0 Å². The number of nitrogens with one attached hydrogen (secondary N) is 1. The first-order valence-electron chi connectivity index (χ1n) is 9.44. The summed E-state index contributed by atoms with van der Waals surface area (Å²) in [6.45, 7) is 4.15. The molecule has 4 rings (SSSR count). The summed E-state index contributed by atoms with van der Waals surface area (Å²) in [5.74, 6) is -0.409. The van der Waals surface area contributed by atoms with Crippen molar-refractivity contribution in [3.05, 3.63) is 45.7 Å². The molecule has 7 nitrogen and oxygen atoms in total. The molecule has 1 aromatic heterocycles. The van der Waals surface area contributed by atoms with Crippen LogP contribution in [-0.4, -0.2) is 46.8 Å². The quantitative estimate of drug-likeness (QED) is 0.729. The number of amides is 1. The number of nitrogens with zero attached hydrogens (tertiary/aromatic N) is 3. The molecule has 2 aliphatic heterocycles. The maximum atomic E-state index is 12.8. The smallest absolute Gasteiger partial charge is 0.311 e. The number of aromatic nitrogens is 2. The molecule has 0 unspecified atom stereocenters. The van der Waals surface area contributed by atoms with Gasteiger partial charge in [-0.2, -0.15) is 5.10 Å². The number of esters is 1. The minimum Gasteiger partial charge on any atom is -0.469 e. The van der Waals surface area contributed by atoms with Crippen molar-refractivity contribution in [3.63, 3.8) is 0 Å². The molecule has 0 bridgehead atoms. The summed E-state index contributed by atoms with van der Waals surface area (Å²) < 4.78 is 7.71. The number of likely N-dealkylation sites (tertiary alicyclic amines) is 1. The second kappa shape index (κ2) is 7.67. The van der Waals surface area contributed by atoms with Crippen LogP contribution in [0.5, 0.6) is 0 Å². The van der Waals surface area contributed by atoms with E-state index < -0.39 is 0 Å². The Morgan fingerprint density at radius 2 is 2.11 bits per heavy atom.